The Balaban J connectivity index is 1.58. The maximum absolute atomic E-state index is 15.1. The fourth-order valence-corrected chi connectivity index (χ4v) is 8.80. The minimum Gasteiger partial charge on any atom is -0.443 e. The number of ketones is 2. The topological polar surface area (TPSA) is 110 Å². The Kier molecular flexibility index (Phi) is 7.43. The summed E-state index contributed by atoms with van der Waals surface area (Å²) in [4.78, 5) is 58.8. The first-order valence-corrected chi connectivity index (χ1v) is 16.0. The molecule has 2 aromatic carbocycles. The second-order valence-electron chi connectivity index (χ2n) is 14.5. The van der Waals surface area contributed by atoms with Gasteiger partial charge in [-0.2, -0.15) is 0 Å². The quantitative estimate of drug-likeness (QED) is 0.227. The summed E-state index contributed by atoms with van der Waals surface area (Å²) in [5.74, 6) is -0.970. The molecule has 1 heterocycles. The van der Waals surface area contributed by atoms with Crippen molar-refractivity contribution in [1.29, 1.82) is 0 Å². The van der Waals surface area contributed by atoms with Crippen molar-refractivity contribution >= 4 is 46.0 Å². The van der Waals surface area contributed by atoms with E-state index in [1.807, 2.05) is 40.9 Å². The van der Waals surface area contributed by atoms with Crippen LogP contribution < -0.4 is 4.90 Å². The summed E-state index contributed by atoms with van der Waals surface area (Å²) in [7, 11) is 5.61. The Labute approximate surface area is 269 Å². The van der Waals surface area contributed by atoms with Gasteiger partial charge in [0.25, 0.3) is 0 Å². The fourth-order valence-electron chi connectivity index (χ4n) is 8.80. The number of fused-ring (bicyclic) bond motifs is 5. The van der Waals surface area contributed by atoms with Gasteiger partial charge in [0.15, 0.2) is 17.3 Å². The molecule has 0 spiro atoms. The van der Waals surface area contributed by atoms with Gasteiger partial charge in [-0.05, 0) is 108 Å². The second kappa shape index (κ2) is 10.7. The van der Waals surface area contributed by atoms with E-state index in [0.717, 1.165) is 22.8 Å². The Morgan fingerprint density at radius 3 is 2.46 bits per heavy atom. The third-order valence-corrected chi connectivity index (χ3v) is 10.7. The van der Waals surface area contributed by atoms with E-state index in [1.165, 1.54) is 4.90 Å². The highest BCUT2D eigenvalue weighted by Crippen LogP contribution is 2.64. The molecule has 46 heavy (non-hydrogen) atoms. The Bertz CT molecular complexity index is 1850. The van der Waals surface area contributed by atoms with Crippen LogP contribution in [0.2, 0.25) is 0 Å². The van der Waals surface area contributed by atoms with Gasteiger partial charge in [0, 0.05) is 29.1 Å². The first kappa shape index (κ1) is 31.9. The molecule has 9 nitrogen and oxygen atoms in total. The summed E-state index contributed by atoms with van der Waals surface area (Å²) >= 11 is 0. The Morgan fingerprint density at radius 2 is 1.85 bits per heavy atom. The molecule has 3 aliphatic rings. The molecule has 5 atom stereocenters. The molecule has 0 bridgehead atoms. The molecule has 242 valence electrons. The van der Waals surface area contributed by atoms with Crippen LogP contribution in [0.25, 0.3) is 16.3 Å². The summed E-state index contributed by atoms with van der Waals surface area (Å²) in [6.45, 7) is 15.6. The molecule has 1 aromatic heterocycles. The molecule has 1 amide bonds. The molecule has 9 heteroatoms. The highest BCUT2D eigenvalue weighted by atomic mass is 16.6. The Morgan fingerprint density at radius 1 is 1.15 bits per heavy atom. The van der Waals surface area contributed by atoms with Gasteiger partial charge in [-0.25, -0.2) is 4.79 Å². The lowest BCUT2D eigenvalue weighted by Crippen LogP contribution is -2.58. The van der Waals surface area contributed by atoms with E-state index in [1.54, 1.807) is 40.0 Å². The number of anilines is 1. The van der Waals surface area contributed by atoms with Gasteiger partial charge in [-0.3, -0.25) is 24.2 Å². The average Bonchev–Trinajstić information content (AvgIpc) is 3.36. The molecule has 0 aliphatic heterocycles. The first-order valence-electron chi connectivity index (χ1n) is 16.0. The summed E-state index contributed by atoms with van der Waals surface area (Å²) in [6, 6.07) is 5.06. The van der Waals surface area contributed by atoms with Crippen molar-refractivity contribution in [1.82, 2.24) is 10.1 Å². The molecule has 6 rings (SSSR count). The van der Waals surface area contributed by atoms with Crippen molar-refractivity contribution in [3.8, 4) is 0 Å². The van der Waals surface area contributed by atoms with E-state index in [0.29, 0.717) is 64.1 Å². The minimum atomic E-state index is -0.960. The second-order valence-corrected chi connectivity index (χ2v) is 14.5. The number of aldehydes is 1. The third kappa shape index (κ3) is 4.34. The molecule has 3 aromatic rings. The number of carbonyl (C=O) groups is 4. The van der Waals surface area contributed by atoms with Gasteiger partial charge in [0.1, 0.15) is 11.9 Å². The van der Waals surface area contributed by atoms with E-state index < -0.39 is 23.0 Å². The normalized spacial score (nSPS) is 25.6. The molecule has 1 saturated carbocycles. The third-order valence-electron chi connectivity index (χ3n) is 10.7. The van der Waals surface area contributed by atoms with E-state index >= 15 is 4.79 Å². The number of hydrogen-bond donors (Lipinski definition) is 0. The molecular weight excluding hydrogens is 582 g/mol. The molecule has 3 aliphatic carbocycles. The van der Waals surface area contributed by atoms with Crippen LogP contribution in [0.5, 0.6) is 0 Å². The zero-order chi connectivity index (χ0) is 33.6. The van der Waals surface area contributed by atoms with Crippen LogP contribution in [-0.2, 0) is 16.0 Å². The maximum Gasteiger partial charge on any atom is 0.414 e. The zero-order valence-electron chi connectivity index (χ0n) is 28.2. The van der Waals surface area contributed by atoms with Gasteiger partial charge < -0.3 is 9.26 Å². The maximum atomic E-state index is 15.1. The van der Waals surface area contributed by atoms with Crippen LogP contribution >= 0.6 is 0 Å². The van der Waals surface area contributed by atoms with Crippen LogP contribution in [0.4, 0.5) is 10.5 Å². The van der Waals surface area contributed by atoms with Crippen molar-refractivity contribution in [3.05, 3.63) is 64.0 Å². The molecule has 5 unspecified atom stereocenters. The number of aromatic nitrogens is 1. The van der Waals surface area contributed by atoms with Crippen LogP contribution in [0, 0.1) is 37.0 Å². The van der Waals surface area contributed by atoms with Gasteiger partial charge in [-0.1, -0.05) is 30.8 Å². The summed E-state index contributed by atoms with van der Waals surface area (Å²) in [5, 5.41) is 5.71. The highest BCUT2D eigenvalue weighted by Gasteiger charge is 2.64. The molecular formula is C37H43N3O6. The lowest BCUT2D eigenvalue weighted by molar-refractivity contribution is -0.140. The van der Waals surface area contributed by atoms with E-state index in [-0.39, 0.29) is 29.4 Å². The number of benzene rings is 2. The smallest absolute Gasteiger partial charge is 0.414 e. The summed E-state index contributed by atoms with van der Waals surface area (Å²) < 4.78 is 11.7. The molecule has 0 N–H and O–H groups in total. The number of amides is 1. The number of rotatable bonds is 4. The summed E-state index contributed by atoms with van der Waals surface area (Å²) in [5.41, 5.74) is 3.37. The van der Waals surface area contributed by atoms with Crippen molar-refractivity contribution in [2.45, 2.75) is 72.4 Å². The predicted octanol–water partition coefficient (Wildman–Crippen LogP) is 6.91. The van der Waals surface area contributed by atoms with Crippen LogP contribution in [0.3, 0.4) is 0 Å². The SMILES string of the molecule is C=C1c2c(C)noc2C(N(C)C)C2CC3Cc4c(c(C)c5cc(C=O)ccc5c4N(C)C(=O)OC(C)(C)C)C(=O)C3C(=O)C12CC. The zero-order valence-corrected chi connectivity index (χ0v) is 28.2. The van der Waals surface area contributed by atoms with E-state index in [2.05, 4.69) is 16.6 Å². The van der Waals surface area contributed by atoms with Gasteiger partial charge >= 0.3 is 6.09 Å². The summed E-state index contributed by atoms with van der Waals surface area (Å²) in [6.07, 6.45) is 1.73. The Hall–Kier alpha value is -4.11. The average molecular weight is 626 g/mol. The minimum absolute atomic E-state index is 0.0989. The number of carbonyl (C=O) groups excluding carboxylic acids is 4. The van der Waals surface area contributed by atoms with Crippen LogP contribution in [-0.4, -0.2) is 60.7 Å². The van der Waals surface area contributed by atoms with Gasteiger partial charge in [-0.15, -0.1) is 0 Å². The lowest BCUT2D eigenvalue weighted by atomic mass is 9.47. The van der Waals surface area contributed by atoms with Crippen LogP contribution in [0.1, 0.15) is 95.4 Å². The number of allylic oxidation sites excluding steroid dienone is 1. The standard InChI is InChI=1S/C37H43N3O6/c1-11-37-19(3)28-20(4)38-46-33(28)31(39(8)9)26(37)16-22-15-25-27(32(42)29(22)34(37)43)18(2)24-14-21(17-41)12-13-23(24)30(25)40(10)35(44)45-36(5,6)7/h12-14,17,22,26,29,31H,3,11,15-16H2,1-2,4-10H3. The predicted molar refractivity (Wildman–Crippen MR) is 176 cm³/mol. The largest absolute Gasteiger partial charge is 0.443 e. The van der Waals surface area contributed by atoms with Crippen LogP contribution in [0.15, 0.2) is 29.3 Å². The van der Waals surface area contributed by atoms with E-state index in [9.17, 15) is 14.4 Å². The highest BCUT2D eigenvalue weighted by molar-refractivity contribution is 6.21. The van der Waals surface area contributed by atoms with Gasteiger partial charge in [0.2, 0.25) is 0 Å². The van der Waals surface area contributed by atoms with Gasteiger partial charge in [0.05, 0.1) is 28.8 Å². The first-order chi connectivity index (χ1) is 21.6. The molecule has 0 radical (unpaired) electrons. The fraction of sp³-hybridized carbons (Fsp3) is 0.486. The van der Waals surface area contributed by atoms with Crippen molar-refractivity contribution in [3.63, 3.8) is 0 Å². The monoisotopic (exact) mass is 625 g/mol. The number of hydrogen-bond acceptors (Lipinski definition) is 8. The number of nitrogens with zero attached hydrogens (tertiary/aromatic N) is 3. The molecule has 1 fully saturated rings. The van der Waals surface area contributed by atoms with Crippen molar-refractivity contribution < 1.29 is 28.4 Å². The number of Topliss-reactive ketones (excluding diaryl/α,β-unsaturated/α-hetero) is 2. The number of aryl methyl sites for hydroxylation is 2. The lowest BCUT2D eigenvalue weighted by Gasteiger charge is -2.55. The van der Waals surface area contributed by atoms with Crippen molar-refractivity contribution in [2.24, 2.45) is 23.2 Å². The number of ether oxygens (including phenoxy) is 1. The van der Waals surface area contributed by atoms with E-state index in [4.69, 9.17) is 9.26 Å². The molecule has 0 saturated heterocycles. The van der Waals surface area contributed by atoms with Crippen molar-refractivity contribution in [2.75, 3.05) is 26.0 Å².